The molecule has 0 heterocycles. The molecule has 0 aromatic carbocycles. The summed E-state index contributed by atoms with van der Waals surface area (Å²) in [7, 11) is 0. The van der Waals surface area contributed by atoms with E-state index in [-0.39, 0.29) is 0 Å². The first-order valence-electron chi connectivity index (χ1n) is 6.70. The van der Waals surface area contributed by atoms with E-state index in [1.54, 1.807) is 5.57 Å². The van der Waals surface area contributed by atoms with E-state index in [0.29, 0.717) is 5.41 Å². The van der Waals surface area contributed by atoms with Crippen LogP contribution < -0.4 is 0 Å². The molecule has 2 unspecified atom stereocenters. The number of hydrogen-bond acceptors (Lipinski definition) is 0. The van der Waals surface area contributed by atoms with Crippen LogP contribution in [-0.4, -0.2) is 0 Å². The molecular weight excluding hydrogens is 180 g/mol. The van der Waals surface area contributed by atoms with Crippen molar-refractivity contribution in [3.63, 3.8) is 0 Å². The number of hydrogen-bond donors (Lipinski definition) is 0. The highest BCUT2D eigenvalue weighted by atomic mass is 14.5. The van der Waals surface area contributed by atoms with Crippen LogP contribution in [-0.2, 0) is 0 Å². The molecule has 3 rings (SSSR count). The van der Waals surface area contributed by atoms with Crippen molar-refractivity contribution in [2.75, 3.05) is 0 Å². The van der Waals surface area contributed by atoms with Gasteiger partial charge in [0.2, 0.25) is 0 Å². The third-order valence-electron chi connectivity index (χ3n) is 4.83. The van der Waals surface area contributed by atoms with Gasteiger partial charge in [0.1, 0.15) is 0 Å². The van der Waals surface area contributed by atoms with Crippen LogP contribution in [0.1, 0.15) is 59.8 Å². The van der Waals surface area contributed by atoms with E-state index in [1.807, 2.05) is 0 Å². The maximum atomic E-state index is 2.56. The van der Waals surface area contributed by atoms with Gasteiger partial charge >= 0.3 is 0 Å². The molecule has 0 aliphatic heterocycles. The number of fused-ring (bicyclic) bond motifs is 1. The van der Waals surface area contributed by atoms with E-state index in [9.17, 15) is 0 Å². The van der Waals surface area contributed by atoms with E-state index in [2.05, 4.69) is 33.8 Å². The maximum absolute atomic E-state index is 2.56. The lowest BCUT2D eigenvalue weighted by Gasteiger charge is -2.56. The van der Waals surface area contributed by atoms with E-state index in [0.717, 1.165) is 17.8 Å². The molecule has 15 heavy (non-hydrogen) atoms. The molecule has 86 valence electrons. The fourth-order valence-corrected chi connectivity index (χ4v) is 3.47. The first-order valence-corrected chi connectivity index (χ1v) is 6.70. The lowest BCUT2D eigenvalue weighted by Crippen LogP contribution is -2.47. The molecule has 0 aromatic heterocycles. The van der Waals surface area contributed by atoms with Crippen molar-refractivity contribution in [3.8, 4) is 0 Å². The van der Waals surface area contributed by atoms with Gasteiger partial charge in [0.25, 0.3) is 0 Å². The third kappa shape index (κ3) is 2.00. The van der Waals surface area contributed by atoms with Crippen LogP contribution in [0.5, 0.6) is 0 Å². The van der Waals surface area contributed by atoms with Crippen molar-refractivity contribution in [3.05, 3.63) is 11.6 Å². The van der Waals surface area contributed by atoms with Crippen molar-refractivity contribution < 1.29 is 0 Å². The second kappa shape index (κ2) is 3.96. The summed E-state index contributed by atoms with van der Waals surface area (Å²) < 4.78 is 0. The Morgan fingerprint density at radius 2 is 2.13 bits per heavy atom. The predicted octanol–water partition coefficient (Wildman–Crippen LogP) is 4.81. The van der Waals surface area contributed by atoms with E-state index in [1.165, 1.54) is 32.1 Å². The van der Waals surface area contributed by atoms with Gasteiger partial charge in [-0.3, -0.25) is 0 Å². The highest BCUT2D eigenvalue weighted by Gasteiger charge is 2.50. The molecule has 0 aromatic rings. The lowest BCUT2D eigenvalue weighted by atomic mass is 9.48. The lowest BCUT2D eigenvalue weighted by molar-refractivity contribution is -0.00844. The zero-order chi connectivity index (χ0) is 11.1. The normalized spacial score (nSPS) is 32.5. The highest BCUT2D eigenvalue weighted by Crippen LogP contribution is 2.59. The Morgan fingerprint density at radius 1 is 1.40 bits per heavy atom. The molecule has 1 fully saturated rings. The molecule has 0 radical (unpaired) electrons. The average Bonchev–Trinajstić information content (AvgIpc) is 2.17. The van der Waals surface area contributed by atoms with Gasteiger partial charge in [0.05, 0.1) is 0 Å². The Kier molecular flexibility index (Phi) is 2.96. The number of rotatable bonds is 4. The number of allylic oxidation sites excluding steroid dienone is 2. The minimum absolute atomic E-state index is 0.627. The molecule has 0 saturated heterocycles. The summed E-state index contributed by atoms with van der Waals surface area (Å²) in [5, 5.41) is 0. The first kappa shape index (κ1) is 11.2. The van der Waals surface area contributed by atoms with Crippen LogP contribution in [0.15, 0.2) is 11.6 Å². The van der Waals surface area contributed by atoms with Gasteiger partial charge in [-0.15, -0.1) is 0 Å². The van der Waals surface area contributed by atoms with Crippen LogP contribution in [0.2, 0.25) is 0 Å². The molecule has 0 nitrogen and oxygen atoms in total. The summed E-state index contributed by atoms with van der Waals surface area (Å²) in [5.41, 5.74) is 2.42. The van der Waals surface area contributed by atoms with Gasteiger partial charge in [0, 0.05) is 0 Å². The third-order valence-corrected chi connectivity index (χ3v) is 4.83. The van der Waals surface area contributed by atoms with Crippen molar-refractivity contribution in [2.24, 2.45) is 23.2 Å². The molecule has 0 N–H and O–H groups in total. The van der Waals surface area contributed by atoms with Gasteiger partial charge in [-0.25, -0.2) is 0 Å². The van der Waals surface area contributed by atoms with E-state index < -0.39 is 0 Å². The quantitative estimate of drug-likeness (QED) is 0.579. The zero-order valence-corrected chi connectivity index (χ0v) is 10.8. The molecule has 0 spiro atoms. The van der Waals surface area contributed by atoms with Gasteiger partial charge < -0.3 is 0 Å². The van der Waals surface area contributed by atoms with E-state index >= 15 is 0 Å². The molecule has 0 heteroatoms. The molecule has 3 aliphatic rings. The van der Waals surface area contributed by atoms with Crippen molar-refractivity contribution in [1.29, 1.82) is 0 Å². The van der Waals surface area contributed by atoms with Gasteiger partial charge in [-0.05, 0) is 48.9 Å². The summed E-state index contributed by atoms with van der Waals surface area (Å²) in [6.45, 7) is 9.61. The molecule has 1 saturated carbocycles. The Morgan fingerprint density at radius 3 is 2.67 bits per heavy atom. The maximum Gasteiger partial charge on any atom is -0.0146 e. The van der Waals surface area contributed by atoms with Crippen molar-refractivity contribution in [2.45, 2.75) is 59.8 Å². The molecule has 2 bridgehead atoms. The van der Waals surface area contributed by atoms with Crippen LogP contribution >= 0.6 is 0 Å². The average molecular weight is 206 g/mol. The Bertz CT molecular complexity index is 257. The standard InChI is InChI=1S/C15H26/c1-11(2)6-5-7-12-8-9-13-10-14(12)15(13,3)4/h8,11,13-14H,5-7,9-10H2,1-4H3. The molecule has 0 amide bonds. The van der Waals surface area contributed by atoms with Gasteiger partial charge in [0.15, 0.2) is 0 Å². The smallest absolute Gasteiger partial charge is 0.0146 e. The SMILES string of the molecule is CC(C)CCCC1=CCC2CC1C2(C)C. The van der Waals surface area contributed by atoms with Crippen LogP contribution in [0.4, 0.5) is 0 Å². The van der Waals surface area contributed by atoms with Crippen LogP contribution in [0.3, 0.4) is 0 Å². The Balaban J connectivity index is 1.86. The first-order chi connectivity index (χ1) is 7.01. The summed E-state index contributed by atoms with van der Waals surface area (Å²) in [5.74, 6) is 2.80. The zero-order valence-electron chi connectivity index (χ0n) is 10.8. The Hall–Kier alpha value is -0.260. The van der Waals surface area contributed by atoms with E-state index in [4.69, 9.17) is 0 Å². The fourth-order valence-electron chi connectivity index (χ4n) is 3.47. The van der Waals surface area contributed by atoms with Gasteiger partial charge in [-0.2, -0.15) is 0 Å². The molecule has 2 atom stereocenters. The highest BCUT2D eigenvalue weighted by molar-refractivity contribution is 5.23. The van der Waals surface area contributed by atoms with Crippen molar-refractivity contribution >= 4 is 0 Å². The minimum Gasteiger partial charge on any atom is -0.0847 e. The molecular formula is C15H26. The summed E-state index contributed by atoms with van der Waals surface area (Å²) in [6, 6.07) is 0. The fraction of sp³-hybridized carbons (Fsp3) is 0.867. The largest absolute Gasteiger partial charge is 0.0847 e. The Labute approximate surface area is 95.1 Å². The monoisotopic (exact) mass is 206 g/mol. The second-order valence-electron chi connectivity index (χ2n) is 6.61. The van der Waals surface area contributed by atoms with Gasteiger partial charge in [-0.1, -0.05) is 45.8 Å². The summed E-state index contributed by atoms with van der Waals surface area (Å²) >= 11 is 0. The van der Waals surface area contributed by atoms with Crippen molar-refractivity contribution in [1.82, 2.24) is 0 Å². The topological polar surface area (TPSA) is 0 Å². The van der Waals surface area contributed by atoms with Crippen LogP contribution in [0.25, 0.3) is 0 Å². The predicted molar refractivity (Wildman–Crippen MR) is 66.8 cm³/mol. The molecule has 3 aliphatic carbocycles. The van der Waals surface area contributed by atoms with Crippen LogP contribution in [0, 0.1) is 23.2 Å². The second-order valence-corrected chi connectivity index (χ2v) is 6.61. The minimum atomic E-state index is 0.627. The summed E-state index contributed by atoms with van der Waals surface area (Å²) in [4.78, 5) is 0. The summed E-state index contributed by atoms with van der Waals surface area (Å²) in [6.07, 6.45) is 9.58.